The molecule has 0 fully saturated rings. The van der Waals surface area contributed by atoms with E-state index in [4.69, 9.17) is 0 Å². The lowest BCUT2D eigenvalue weighted by atomic mass is 10.2. The highest BCUT2D eigenvalue weighted by molar-refractivity contribution is 5.89. The van der Waals surface area contributed by atoms with Crippen LogP contribution in [0.25, 0.3) is 0 Å². The van der Waals surface area contributed by atoms with E-state index in [1.807, 2.05) is 0 Å². The Kier molecular flexibility index (Phi) is 4.39. The molecular formula is C14H13F3N4O. The molecule has 2 rings (SSSR count). The molecule has 1 amide bonds. The third kappa shape index (κ3) is 3.78. The Morgan fingerprint density at radius 3 is 2.32 bits per heavy atom. The minimum atomic E-state index is -4.70. The van der Waals surface area contributed by atoms with Crippen LogP contribution in [0.4, 0.5) is 19.1 Å². The predicted molar refractivity (Wildman–Crippen MR) is 72.9 cm³/mol. The molecule has 0 saturated carbocycles. The number of alkyl halides is 3. The zero-order valence-corrected chi connectivity index (χ0v) is 11.9. The molecule has 1 aromatic carbocycles. The monoisotopic (exact) mass is 310 g/mol. The Morgan fingerprint density at radius 2 is 1.77 bits per heavy atom. The maximum Gasteiger partial charge on any atom is 0.451 e. The SMILES string of the molecule is CC(=O)N(Cc1ccccc1)c1nc(C)nc(C(F)(F)F)n1. The lowest BCUT2D eigenvalue weighted by Gasteiger charge is -2.20. The highest BCUT2D eigenvalue weighted by Crippen LogP contribution is 2.27. The van der Waals surface area contributed by atoms with E-state index in [9.17, 15) is 18.0 Å². The van der Waals surface area contributed by atoms with Gasteiger partial charge in [-0.05, 0) is 12.5 Å². The van der Waals surface area contributed by atoms with Gasteiger partial charge in [0.25, 0.3) is 0 Å². The second kappa shape index (κ2) is 6.08. The molecule has 1 heterocycles. The Bertz CT molecular complexity index is 674. The zero-order valence-electron chi connectivity index (χ0n) is 11.9. The van der Waals surface area contributed by atoms with Crippen molar-refractivity contribution in [3.05, 3.63) is 47.5 Å². The summed E-state index contributed by atoms with van der Waals surface area (Å²) >= 11 is 0. The van der Waals surface area contributed by atoms with E-state index in [2.05, 4.69) is 15.0 Å². The number of rotatable bonds is 3. The maximum absolute atomic E-state index is 12.8. The van der Waals surface area contributed by atoms with Crippen molar-refractivity contribution in [3.63, 3.8) is 0 Å². The van der Waals surface area contributed by atoms with Gasteiger partial charge in [-0.2, -0.15) is 23.1 Å². The molecule has 22 heavy (non-hydrogen) atoms. The Labute approximate surface area is 124 Å². The number of carbonyl (C=O) groups excluding carboxylic acids is 1. The van der Waals surface area contributed by atoms with Gasteiger partial charge in [-0.1, -0.05) is 30.3 Å². The Hall–Kier alpha value is -2.51. The number of nitrogens with zero attached hydrogens (tertiary/aromatic N) is 4. The molecule has 0 aliphatic heterocycles. The van der Waals surface area contributed by atoms with Gasteiger partial charge in [0, 0.05) is 6.92 Å². The van der Waals surface area contributed by atoms with Gasteiger partial charge >= 0.3 is 6.18 Å². The summed E-state index contributed by atoms with van der Waals surface area (Å²) in [5, 5.41) is 0. The van der Waals surface area contributed by atoms with Crippen LogP contribution < -0.4 is 4.90 Å². The molecule has 0 atom stereocenters. The van der Waals surface area contributed by atoms with E-state index < -0.39 is 17.9 Å². The Balaban J connectivity index is 2.41. The predicted octanol–water partition coefficient (Wildman–Crippen LogP) is 2.75. The average molecular weight is 310 g/mol. The minimum Gasteiger partial charge on any atom is -0.276 e. The summed E-state index contributed by atoms with van der Waals surface area (Å²) in [6.07, 6.45) is -4.70. The molecule has 0 aliphatic carbocycles. The summed E-state index contributed by atoms with van der Waals surface area (Å²) in [5.74, 6) is -2.18. The van der Waals surface area contributed by atoms with E-state index in [1.165, 1.54) is 13.8 Å². The van der Waals surface area contributed by atoms with Gasteiger partial charge < -0.3 is 0 Å². The van der Waals surface area contributed by atoms with Crippen molar-refractivity contribution < 1.29 is 18.0 Å². The minimum absolute atomic E-state index is 0.0803. The second-order valence-electron chi connectivity index (χ2n) is 4.59. The molecule has 1 aromatic heterocycles. The lowest BCUT2D eigenvalue weighted by molar-refractivity contribution is -0.145. The molecule has 5 nitrogen and oxygen atoms in total. The maximum atomic E-state index is 12.8. The summed E-state index contributed by atoms with van der Waals surface area (Å²) in [6, 6.07) is 8.86. The molecule has 0 N–H and O–H groups in total. The van der Waals surface area contributed by atoms with E-state index in [0.29, 0.717) is 0 Å². The fourth-order valence-electron chi connectivity index (χ4n) is 1.80. The highest BCUT2D eigenvalue weighted by Gasteiger charge is 2.36. The number of amides is 1. The molecule has 116 valence electrons. The number of hydrogen-bond acceptors (Lipinski definition) is 4. The van der Waals surface area contributed by atoms with Crippen LogP contribution in [0.3, 0.4) is 0 Å². The van der Waals surface area contributed by atoms with Crippen molar-refractivity contribution in [3.8, 4) is 0 Å². The highest BCUT2D eigenvalue weighted by atomic mass is 19.4. The molecule has 8 heteroatoms. The van der Waals surface area contributed by atoms with Crippen molar-refractivity contribution in [2.75, 3.05) is 4.90 Å². The van der Waals surface area contributed by atoms with Crippen molar-refractivity contribution in [2.45, 2.75) is 26.6 Å². The summed E-state index contributed by atoms with van der Waals surface area (Å²) in [6.45, 7) is 2.65. The number of aryl methyl sites for hydroxylation is 1. The van der Waals surface area contributed by atoms with Gasteiger partial charge in [-0.25, -0.2) is 4.98 Å². The first-order valence-electron chi connectivity index (χ1n) is 6.39. The molecule has 0 saturated heterocycles. The Morgan fingerprint density at radius 1 is 1.14 bits per heavy atom. The number of anilines is 1. The first-order chi connectivity index (χ1) is 10.3. The van der Waals surface area contributed by atoms with Gasteiger partial charge in [0.1, 0.15) is 5.82 Å². The summed E-state index contributed by atoms with van der Waals surface area (Å²) in [5.41, 5.74) is 0.754. The standard InChI is InChI=1S/C14H13F3N4O/c1-9-18-12(14(15,16)17)20-13(19-9)21(10(2)22)8-11-6-4-3-5-7-11/h3-7H,8H2,1-2H3. The van der Waals surface area contributed by atoms with Gasteiger partial charge in [0.05, 0.1) is 6.54 Å². The van der Waals surface area contributed by atoms with Crippen molar-refractivity contribution in [1.29, 1.82) is 0 Å². The van der Waals surface area contributed by atoms with Gasteiger partial charge in [-0.15, -0.1) is 0 Å². The van der Waals surface area contributed by atoms with E-state index in [-0.39, 0.29) is 18.3 Å². The van der Waals surface area contributed by atoms with Gasteiger partial charge in [0.2, 0.25) is 17.7 Å². The fraction of sp³-hybridized carbons (Fsp3) is 0.286. The molecule has 0 spiro atoms. The normalized spacial score (nSPS) is 11.3. The van der Waals surface area contributed by atoms with E-state index in [0.717, 1.165) is 10.5 Å². The van der Waals surface area contributed by atoms with Crippen LogP contribution in [0.5, 0.6) is 0 Å². The van der Waals surface area contributed by atoms with Crippen molar-refractivity contribution >= 4 is 11.9 Å². The topological polar surface area (TPSA) is 59.0 Å². The average Bonchev–Trinajstić information content (AvgIpc) is 2.44. The van der Waals surface area contributed by atoms with E-state index >= 15 is 0 Å². The largest absolute Gasteiger partial charge is 0.451 e. The number of benzene rings is 1. The third-order valence-electron chi connectivity index (χ3n) is 2.79. The zero-order chi connectivity index (χ0) is 16.3. The molecule has 0 aliphatic rings. The first-order valence-corrected chi connectivity index (χ1v) is 6.39. The molecule has 0 bridgehead atoms. The summed E-state index contributed by atoms with van der Waals surface area (Å²) in [4.78, 5) is 23.3. The number of aromatic nitrogens is 3. The van der Waals surface area contributed by atoms with Crippen LogP contribution in [0.1, 0.15) is 24.1 Å². The van der Waals surface area contributed by atoms with Crippen molar-refractivity contribution in [2.24, 2.45) is 0 Å². The molecule has 2 aromatic rings. The summed E-state index contributed by atoms with van der Waals surface area (Å²) in [7, 11) is 0. The molecule has 0 radical (unpaired) electrons. The first kappa shape index (κ1) is 15.9. The lowest BCUT2D eigenvalue weighted by Crippen LogP contribution is -2.31. The van der Waals surface area contributed by atoms with Crippen LogP contribution in [-0.2, 0) is 17.5 Å². The van der Waals surface area contributed by atoms with Gasteiger partial charge in [0.15, 0.2) is 0 Å². The quantitative estimate of drug-likeness (QED) is 0.874. The molecular weight excluding hydrogens is 297 g/mol. The van der Waals surface area contributed by atoms with Crippen LogP contribution >= 0.6 is 0 Å². The summed E-state index contributed by atoms with van der Waals surface area (Å²) < 4.78 is 38.3. The van der Waals surface area contributed by atoms with Crippen LogP contribution in [0.2, 0.25) is 0 Å². The van der Waals surface area contributed by atoms with Crippen LogP contribution in [0, 0.1) is 6.92 Å². The van der Waals surface area contributed by atoms with Crippen LogP contribution in [0.15, 0.2) is 30.3 Å². The van der Waals surface area contributed by atoms with Crippen LogP contribution in [-0.4, -0.2) is 20.9 Å². The number of halogens is 3. The number of hydrogen-bond donors (Lipinski definition) is 0. The number of carbonyl (C=O) groups is 1. The third-order valence-corrected chi connectivity index (χ3v) is 2.79. The van der Waals surface area contributed by atoms with Gasteiger partial charge in [-0.3, -0.25) is 9.69 Å². The molecule has 0 unspecified atom stereocenters. The fourth-order valence-corrected chi connectivity index (χ4v) is 1.80. The van der Waals surface area contributed by atoms with E-state index in [1.54, 1.807) is 30.3 Å². The second-order valence-corrected chi connectivity index (χ2v) is 4.59. The smallest absolute Gasteiger partial charge is 0.276 e. The van der Waals surface area contributed by atoms with Crippen molar-refractivity contribution in [1.82, 2.24) is 15.0 Å².